The molecule has 0 spiro atoms. The van der Waals surface area contributed by atoms with Gasteiger partial charge in [-0.3, -0.25) is 4.79 Å². The third-order valence-corrected chi connectivity index (χ3v) is 4.35. The van der Waals surface area contributed by atoms with Crippen LogP contribution in [0.15, 0.2) is 60.8 Å². The molecular formula is C18H10Cl3NO. The van der Waals surface area contributed by atoms with E-state index in [0.717, 1.165) is 11.1 Å². The molecule has 1 heterocycles. The zero-order valence-electron chi connectivity index (χ0n) is 11.8. The summed E-state index contributed by atoms with van der Waals surface area (Å²) in [6.45, 7) is 0. The Labute approximate surface area is 148 Å². The number of carbonyl (C=O) groups is 1. The molecule has 3 rings (SSSR count). The first kappa shape index (κ1) is 16.0. The van der Waals surface area contributed by atoms with Gasteiger partial charge in [-0.15, -0.1) is 0 Å². The second-order valence-corrected chi connectivity index (χ2v) is 6.07. The quantitative estimate of drug-likeness (QED) is 0.426. The van der Waals surface area contributed by atoms with Gasteiger partial charge in [-0.05, 0) is 35.4 Å². The molecule has 0 fully saturated rings. The van der Waals surface area contributed by atoms with Gasteiger partial charge in [0.1, 0.15) is 5.15 Å². The van der Waals surface area contributed by atoms with Crippen molar-refractivity contribution in [1.29, 1.82) is 0 Å². The van der Waals surface area contributed by atoms with Gasteiger partial charge in [0, 0.05) is 17.3 Å². The molecule has 3 aromatic rings. The third-order valence-electron chi connectivity index (χ3n) is 3.39. The summed E-state index contributed by atoms with van der Waals surface area (Å²) in [5.74, 6) is -0.129. The normalized spacial score (nSPS) is 10.6. The maximum atomic E-state index is 12.8. The van der Waals surface area contributed by atoms with E-state index in [1.165, 1.54) is 6.20 Å². The fraction of sp³-hybridized carbons (Fsp3) is 0. The van der Waals surface area contributed by atoms with Gasteiger partial charge in [0.05, 0.1) is 10.0 Å². The number of nitrogens with zero attached hydrogens (tertiary/aromatic N) is 1. The summed E-state index contributed by atoms with van der Waals surface area (Å²) in [5, 5.41) is 1.26. The fourth-order valence-corrected chi connectivity index (χ4v) is 2.67. The number of benzene rings is 2. The van der Waals surface area contributed by atoms with Crippen molar-refractivity contribution in [3.05, 3.63) is 87.1 Å². The molecule has 0 amide bonds. The summed E-state index contributed by atoms with van der Waals surface area (Å²) in [7, 11) is 0. The number of hydrogen-bond acceptors (Lipinski definition) is 2. The molecule has 0 aliphatic rings. The number of ketones is 1. The second kappa shape index (κ2) is 6.71. The van der Waals surface area contributed by atoms with Crippen LogP contribution in [0.1, 0.15) is 15.9 Å². The SMILES string of the molecule is O=C(c1ccc(Cl)nc1)c1ccccc1-c1ccc(Cl)c(Cl)c1. The summed E-state index contributed by atoms with van der Waals surface area (Å²) < 4.78 is 0. The van der Waals surface area contributed by atoms with Crippen LogP contribution in [0.4, 0.5) is 0 Å². The molecule has 0 atom stereocenters. The summed E-state index contributed by atoms with van der Waals surface area (Å²) in [6.07, 6.45) is 1.47. The molecule has 1 aromatic heterocycles. The fourth-order valence-electron chi connectivity index (χ4n) is 2.26. The lowest BCUT2D eigenvalue weighted by Gasteiger charge is -2.10. The summed E-state index contributed by atoms with van der Waals surface area (Å²) in [4.78, 5) is 16.7. The molecule has 0 aliphatic heterocycles. The Balaban J connectivity index is 2.08. The molecule has 23 heavy (non-hydrogen) atoms. The Hall–Kier alpha value is -1.87. The average molecular weight is 363 g/mol. The molecule has 0 bridgehead atoms. The number of hydrogen-bond donors (Lipinski definition) is 0. The average Bonchev–Trinajstić information content (AvgIpc) is 2.57. The molecule has 5 heteroatoms. The lowest BCUT2D eigenvalue weighted by Crippen LogP contribution is -2.04. The highest BCUT2D eigenvalue weighted by atomic mass is 35.5. The van der Waals surface area contributed by atoms with Crippen LogP contribution in [0.25, 0.3) is 11.1 Å². The highest BCUT2D eigenvalue weighted by Crippen LogP contribution is 2.31. The largest absolute Gasteiger partial charge is 0.289 e. The minimum Gasteiger partial charge on any atom is -0.289 e. The van der Waals surface area contributed by atoms with Crippen molar-refractivity contribution in [2.45, 2.75) is 0 Å². The van der Waals surface area contributed by atoms with Gasteiger partial charge in [-0.2, -0.15) is 0 Å². The maximum absolute atomic E-state index is 12.8. The van der Waals surface area contributed by atoms with Crippen LogP contribution in [-0.4, -0.2) is 10.8 Å². The van der Waals surface area contributed by atoms with Crippen molar-refractivity contribution in [3.63, 3.8) is 0 Å². The van der Waals surface area contributed by atoms with Crippen LogP contribution >= 0.6 is 34.8 Å². The molecule has 0 unspecified atom stereocenters. The smallest absolute Gasteiger partial charge is 0.195 e. The first-order valence-electron chi connectivity index (χ1n) is 6.77. The number of aromatic nitrogens is 1. The van der Waals surface area contributed by atoms with E-state index in [0.29, 0.717) is 26.3 Å². The van der Waals surface area contributed by atoms with Crippen LogP contribution in [-0.2, 0) is 0 Å². The van der Waals surface area contributed by atoms with E-state index < -0.39 is 0 Å². The minimum atomic E-state index is -0.129. The van der Waals surface area contributed by atoms with E-state index in [-0.39, 0.29) is 5.78 Å². The van der Waals surface area contributed by atoms with E-state index in [1.54, 1.807) is 30.3 Å². The number of carbonyl (C=O) groups excluding carboxylic acids is 1. The van der Waals surface area contributed by atoms with Crippen molar-refractivity contribution in [1.82, 2.24) is 4.98 Å². The van der Waals surface area contributed by atoms with Crippen molar-refractivity contribution < 1.29 is 4.79 Å². The van der Waals surface area contributed by atoms with Crippen LogP contribution in [0.2, 0.25) is 15.2 Å². The molecular weight excluding hydrogens is 353 g/mol. The number of rotatable bonds is 3. The van der Waals surface area contributed by atoms with Crippen LogP contribution in [0.5, 0.6) is 0 Å². The van der Waals surface area contributed by atoms with Gasteiger partial charge in [0.15, 0.2) is 5.78 Å². The van der Waals surface area contributed by atoms with Gasteiger partial charge in [0.25, 0.3) is 0 Å². The predicted octanol–water partition coefficient (Wildman–Crippen LogP) is 5.94. The van der Waals surface area contributed by atoms with E-state index in [4.69, 9.17) is 34.8 Å². The van der Waals surface area contributed by atoms with Crippen molar-refractivity contribution in [2.75, 3.05) is 0 Å². The Morgan fingerprint density at radius 2 is 1.65 bits per heavy atom. The van der Waals surface area contributed by atoms with Gasteiger partial charge >= 0.3 is 0 Å². The predicted molar refractivity (Wildman–Crippen MR) is 94.6 cm³/mol. The van der Waals surface area contributed by atoms with Gasteiger partial charge in [0.2, 0.25) is 0 Å². The van der Waals surface area contributed by atoms with Crippen LogP contribution in [0, 0.1) is 0 Å². The standard InChI is InChI=1S/C18H10Cl3NO/c19-15-7-5-11(9-16(15)20)13-3-1-2-4-14(13)18(23)12-6-8-17(21)22-10-12/h1-10H. The molecule has 114 valence electrons. The van der Waals surface area contributed by atoms with E-state index in [1.807, 2.05) is 24.3 Å². The monoisotopic (exact) mass is 361 g/mol. The summed E-state index contributed by atoms with van der Waals surface area (Å²) >= 11 is 17.8. The molecule has 0 saturated heterocycles. The highest BCUT2D eigenvalue weighted by molar-refractivity contribution is 6.42. The molecule has 2 nitrogen and oxygen atoms in total. The van der Waals surface area contributed by atoms with Crippen molar-refractivity contribution in [2.24, 2.45) is 0 Å². The third kappa shape index (κ3) is 3.40. The number of pyridine rings is 1. The molecule has 0 radical (unpaired) electrons. The first-order chi connectivity index (χ1) is 11.1. The van der Waals surface area contributed by atoms with E-state index in [9.17, 15) is 4.79 Å². The van der Waals surface area contributed by atoms with Crippen molar-refractivity contribution in [3.8, 4) is 11.1 Å². The maximum Gasteiger partial charge on any atom is 0.195 e. The molecule has 0 N–H and O–H groups in total. The van der Waals surface area contributed by atoms with Gasteiger partial charge < -0.3 is 0 Å². The summed E-state index contributed by atoms with van der Waals surface area (Å²) in [6, 6.07) is 15.9. The lowest BCUT2D eigenvalue weighted by molar-refractivity contribution is 0.103. The zero-order chi connectivity index (χ0) is 16.4. The zero-order valence-corrected chi connectivity index (χ0v) is 14.0. The highest BCUT2D eigenvalue weighted by Gasteiger charge is 2.15. The van der Waals surface area contributed by atoms with E-state index >= 15 is 0 Å². The molecule has 0 aliphatic carbocycles. The Kier molecular flexibility index (Phi) is 4.67. The minimum absolute atomic E-state index is 0.129. The van der Waals surface area contributed by atoms with Gasteiger partial charge in [-0.25, -0.2) is 4.98 Å². The Morgan fingerprint density at radius 3 is 2.35 bits per heavy atom. The Morgan fingerprint density at radius 1 is 0.870 bits per heavy atom. The first-order valence-corrected chi connectivity index (χ1v) is 7.90. The molecule has 0 saturated carbocycles. The topological polar surface area (TPSA) is 30.0 Å². The number of halogens is 3. The molecule has 2 aromatic carbocycles. The van der Waals surface area contributed by atoms with E-state index in [2.05, 4.69) is 4.98 Å². The second-order valence-electron chi connectivity index (χ2n) is 4.87. The van der Waals surface area contributed by atoms with Gasteiger partial charge in [-0.1, -0.05) is 65.1 Å². The van der Waals surface area contributed by atoms with Crippen molar-refractivity contribution >= 4 is 40.6 Å². The Bertz CT molecular complexity index is 876. The summed E-state index contributed by atoms with van der Waals surface area (Å²) in [5.41, 5.74) is 2.65. The van der Waals surface area contributed by atoms with Crippen LogP contribution < -0.4 is 0 Å². The lowest BCUT2D eigenvalue weighted by atomic mass is 9.94. The van der Waals surface area contributed by atoms with Crippen LogP contribution in [0.3, 0.4) is 0 Å².